The van der Waals surface area contributed by atoms with Gasteiger partial charge in [-0.2, -0.15) is 0 Å². The Hall–Kier alpha value is -0.0800. The van der Waals surface area contributed by atoms with Crippen LogP contribution in [0.1, 0.15) is 60.3 Å². The highest BCUT2D eigenvalue weighted by Crippen LogP contribution is 2.40. The van der Waals surface area contributed by atoms with Crippen LogP contribution in [-0.2, 0) is 4.74 Å². The van der Waals surface area contributed by atoms with Gasteiger partial charge in [0.25, 0.3) is 0 Å². The van der Waals surface area contributed by atoms with Gasteiger partial charge < -0.3 is 10.1 Å². The van der Waals surface area contributed by atoms with Crippen LogP contribution in [0.15, 0.2) is 0 Å². The zero-order valence-corrected chi connectivity index (χ0v) is 13.1. The minimum absolute atomic E-state index is 0.294. The summed E-state index contributed by atoms with van der Waals surface area (Å²) in [5.74, 6) is 1.63. The molecule has 1 aliphatic rings. The van der Waals surface area contributed by atoms with Crippen LogP contribution in [0.25, 0.3) is 0 Å². The molecule has 1 fully saturated rings. The van der Waals surface area contributed by atoms with Gasteiger partial charge in [0.05, 0.1) is 6.61 Å². The SMILES string of the molecule is CCCOCC(C)(C)C1CCC(C)CC1NCC. The predicted molar refractivity (Wildman–Crippen MR) is 78.9 cm³/mol. The first kappa shape index (κ1) is 16.0. The van der Waals surface area contributed by atoms with Crippen LogP contribution in [0, 0.1) is 17.3 Å². The molecule has 0 aromatic rings. The van der Waals surface area contributed by atoms with Crippen molar-refractivity contribution in [1.82, 2.24) is 5.32 Å². The van der Waals surface area contributed by atoms with Gasteiger partial charge in [0.15, 0.2) is 0 Å². The normalized spacial score (nSPS) is 29.5. The molecule has 0 aromatic carbocycles. The zero-order chi connectivity index (χ0) is 13.6. The van der Waals surface area contributed by atoms with Crippen LogP contribution in [0.3, 0.4) is 0 Å². The molecule has 3 atom stereocenters. The van der Waals surface area contributed by atoms with Gasteiger partial charge in [-0.25, -0.2) is 0 Å². The van der Waals surface area contributed by atoms with Crippen molar-refractivity contribution < 1.29 is 4.74 Å². The van der Waals surface area contributed by atoms with E-state index >= 15 is 0 Å². The fourth-order valence-electron chi connectivity index (χ4n) is 3.39. The average Bonchev–Trinajstić information content (AvgIpc) is 2.29. The van der Waals surface area contributed by atoms with Crippen molar-refractivity contribution in [3.63, 3.8) is 0 Å². The average molecular weight is 255 g/mol. The molecule has 3 unspecified atom stereocenters. The van der Waals surface area contributed by atoms with E-state index in [0.717, 1.165) is 38.0 Å². The molecule has 0 heterocycles. The van der Waals surface area contributed by atoms with Gasteiger partial charge >= 0.3 is 0 Å². The molecule has 108 valence electrons. The molecule has 0 bridgehead atoms. The van der Waals surface area contributed by atoms with Gasteiger partial charge in [-0.3, -0.25) is 0 Å². The summed E-state index contributed by atoms with van der Waals surface area (Å²) in [6.45, 7) is 14.4. The molecule has 0 saturated heterocycles. The molecular weight excluding hydrogens is 222 g/mol. The fraction of sp³-hybridized carbons (Fsp3) is 1.00. The van der Waals surface area contributed by atoms with Crippen LogP contribution < -0.4 is 5.32 Å². The third-order valence-electron chi connectivity index (χ3n) is 4.41. The molecule has 0 spiro atoms. The van der Waals surface area contributed by atoms with E-state index in [1.165, 1.54) is 19.3 Å². The molecule has 1 saturated carbocycles. The molecule has 0 amide bonds. The monoisotopic (exact) mass is 255 g/mol. The van der Waals surface area contributed by atoms with Crippen molar-refractivity contribution in [2.45, 2.75) is 66.3 Å². The summed E-state index contributed by atoms with van der Waals surface area (Å²) in [6.07, 6.45) is 5.18. The van der Waals surface area contributed by atoms with Gasteiger partial charge in [-0.1, -0.05) is 41.0 Å². The van der Waals surface area contributed by atoms with Crippen molar-refractivity contribution in [2.75, 3.05) is 19.8 Å². The Balaban J connectivity index is 2.58. The third-order valence-corrected chi connectivity index (χ3v) is 4.41. The molecular formula is C16H33NO. The fourth-order valence-corrected chi connectivity index (χ4v) is 3.39. The first-order chi connectivity index (χ1) is 8.51. The molecule has 2 heteroatoms. The zero-order valence-electron chi connectivity index (χ0n) is 13.1. The summed E-state index contributed by atoms with van der Waals surface area (Å²) < 4.78 is 5.83. The minimum atomic E-state index is 0.294. The van der Waals surface area contributed by atoms with Crippen LogP contribution in [0.4, 0.5) is 0 Å². The Morgan fingerprint density at radius 2 is 1.94 bits per heavy atom. The van der Waals surface area contributed by atoms with Gasteiger partial charge in [0.2, 0.25) is 0 Å². The van der Waals surface area contributed by atoms with E-state index in [-0.39, 0.29) is 0 Å². The highest BCUT2D eigenvalue weighted by molar-refractivity contribution is 4.91. The minimum Gasteiger partial charge on any atom is -0.381 e. The predicted octanol–water partition coefficient (Wildman–Crippen LogP) is 3.85. The number of hydrogen-bond donors (Lipinski definition) is 1. The Morgan fingerprint density at radius 1 is 1.22 bits per heavy atom. The first-order valence-corrected chi connectivity index (χ1v) is 7.82. The summed E-state index contributed by atoms with van der Waals surface area (Å²) >= 11 is 0. The van der Waals surface area contributed by atoms with E-state index in [1.807, 2.05) is 0 Å². The Labute approximate surface area is 114 Å². The second-order valence-corrected chi connectivity index (χ2v) is 6.73. The Morgan fingerprint density at radius 3 is 2.56 bits per heavy atom. The van der Waals surface area contributed by atoms with E-state index in [1.54, 1.807) is 0 Å². The summed E-state index contributed by atoms with van der Waals surface area (Å²) in [6, 6.07) is 0.680. The second kappa shape index (κ2) is 7.49. The van der Waals surface area contributed by atoms with Gasteiger partial charge in [-0.05, 0) is 43.1 Å². The van der Waals surface area contributed by atoms with Gasteiger partial charge in [-0.15, -0.1) is 0 Å². The summed E-state index contributed by atoms with van der Waals surface area (Å²) in [5, 5.41) is 3.71. The lowest BCUT2D eigenvalue weighted by Gasteiger charge is -2.44. The van der Waals surface area contributed by atoms with E-state index in [4.69, 9.17) is 4.74 Å². The van der Waals surface area contributed by atoms with Crippen LogP contribution in [0.2, 0.25) is 0 Å². The first-order valence-electron chi connectivity index (χ1n) is 7.82. The van der Waals surface area contributed by atoms with Gasteiger partial charge in [0.1, 0.15) is 0 Å². The largest absolute Gasteiger partial charge is 0.381 e. The van der Waals surface area contributed by atoms with Crippen LogP contribution >= 0.6 is 0 Å². The number of ether oxygens (including phenoxy) is 1. The molecule has 18 heavy (non-hydrogen) atoms. The van der Waals surface area contributed by atoms with E-state index in [0.29, 0.717) is 11.5 Å². The van der Waals surface area contributed by atoms with Crippen molar-refractivity contribution >= 4 is 0 Å². The van der Waals surface area contributed by atoms with Crippen molar-refractivity contribution in [3.8, 4) is 0 Å². The smallest absolute Gasteiger partial charge is 0.0520 e. The van der Waals surface area contributed by atoms with E-state index in [9.17, 15) is 0 Å². The maximum Gasteiger partial charge on any atom is 0.0520 e. The van der Waals surface area contributed by atoms with Crippen molar-refractivity contribution in [2.24, 2.45) is 17.3 Å². The maximum atomic E-state index is 5.83. The lowest BCUT2D eigenvalue weighted by Crippen LogP contribution is -2.48. The number of hydrogen-bond acceptors (Lipinski definition) is 2. The number of rotatable bonds is 7. The highest BCUT2D eigenvalue weighted by atomic mass is 16.5. The van der Waals surface area contributed by atoms with E-state index < -0.39 is 0 Å². The summed E-state index contributed by atoms with van der Waals surface area (Å²) in [4.78, 5) is 0. The summed E-state index contributed by atoms with van der Waals surface area (Å²) in [5.41, 5.74) is 0.294. The molecule has 1 N–H and O–H groups in total. The number of nitrogens with one attached hydrogen (secondary N) is 1. The molecule has 0 radical (unpaired) electrons. The van der Waals surface area contributed by atoms with Crippen molar-refractivity contribution in [3.05, 3.63) is 0 Å². The van der Waals surface area contributed by atoms with Crippen LogP contribution in [0.5, 0.6) is 0 Å². The maximum absolute atomic E-state index is 5.83. The quantitative estimate of drug-likeness (QED) is 0.698. The molecule has 1 rings (SSSR count). The topological polar surface area (TPSA) is 21.3 Å². The van der Waals surface area contributed by atoms with Crippen molar-refractivity contribution in [1.29, 1.82) is 0 Å². The molecule has 1 aliphatic carbocycles. The second-order valence-electron chi connectivity index (χ2n) is 6.73. The molecule has 0 aromatic heterocycles. The van der Waals surface area contributed by atoms with Gasteiger partial charge in [0, 0.05) is 12.6 Å². The lowest BCUT2D eigenvalue weighted by molar-refractivity contribution is -0.000896. The Kier molecular flexibility index (Phi) is 6.65. The lowest BCUT2D eigenvalue weighted by atomic mass is 9.66. The van der Waals surface area contributed by atoms with Crippen LogP contribution in [-0.4, -0.2) is 25.8 Å². The highest BCUT2D eigenvalue weighted by Gasteiger charge is 2.38. The summed E-state index contributed by atoms with van der Waals surface area (Å²) in [7, 11) is 0. The van der Waals surface area contributed by atoms with E-state index in [2.05, 4.69) is 39.9 Å². The third kappa shape index (κ3) is 4.55. The Bertz CT molecular complexity index is 227. The molecule has 0 aliphatic heterocycles. The standard InChI is InChI=1S/C16H33NO/c1-6-10-18-12-16(4,5)14-9-8-13(3)11-15(14)17-7-2/h13-15,17H,6-12H2,1-5H3. The molecule has 2 nitrogen and oxygen atoms in total.